The number of carbonyl (C=O) groups is 1. The largest absolute Gasteiger partial charge is 0.441 e. The Balaban J connectivity index is 1.72. The second-order valence-electron chi connectivity index (χ2n) is 5.64. The van der Waals surface area contributed by atoms with Gasteiger partial charge in [-0.2, -0.15) is 8.78 Å². The minimum Gasteiger partial charge on any atom is -0.441 e. The third-order valence-electron chi connectivity index (χ3n) is 4.11. The molecular formula is C15H18F2N2O3. The molecule has 1 aromatic carbocycles. The summed E-state index contributed by atoms with van der Waals surface area (Å²) < 4.78 is 34.9. The van der Waals surface area contributed by atoms with Crippen LogP contribution in [0.1, 0.15) is 18.4 Å². The normalized spacial score (nSPS) is 20.5. The van der Waals surface area contributed by atoms with Crippen LogP contribution in [0.4, 0.5) is 13.6 Å². The second kappa shape index (κ2) is 6.08. The number of ether oxygens (including phenoxy) is 2. The molecule has 1 N–H and O–H groups in total. The lowest BCUT2D eigenvalue weighted by molar-refractivity contribution is -0.0506. The summed E-state index contributed by atoms with van der Waals surface area (Å²) in [6.45, 7) is -0.575. The first-order chi connectivity index (χ1) is 10.6. The number of para-hydroxylation sites is 1. The van der Waals surface area contributed by atoms with Gasteiger partial charge in [-0.1, -0.05) is 18.2 Å². The van der Waals surface area contributed by atoms with E-state index in [0.29, 0.717) is 12.1 Å². The van der Waals surface area contributed by atoms with Gasteiger partial charge in [0.2, 0.25) is 0 Å². The Labute approximate surface area is 127 Å². The number of halogens is 2. The van der Waals surface area contributed by atoms with Gasteiger partial charge in [0, 0.05) is 18.4 Å². The number of nitrogens with zero attached hydrogens (tertiary/aromatic N) is 1. The predicted octanol–water partition coefficient (Wildman–Crippen LogP) is 2.36. The molecule has 0 radical (unpaired) electrons. The van der Waals surface area contributed by atoms with Gasteiger partial charge in [0.15, 0.2) is 0 Å². The van der Waals surface area contributed by atoms with Crippen LogP contribution in [-0.4, -0.2) is 42.8 Å². The molecule has 7 heteroatoms. The monoisotopic (exact) mass is 312 g/mol. The highest BCUT2D eigenvalue weighted by molar-refractivity contribution is 5.71. The van der Waals surface area contributed by atoms with E-state index in [1.807, 2.05) is 0 Å². The molecule has 22 heavy (non-hydrogen) atoms. The van der Waals surface area contributed by atoms with E-state index < -0.39 is 18.3 Å². The highest BCUT2D eigenvalue weighted by Crippen LogP contribution is 2.33. The van der Waals surface area contributed by atoms with E-state index >= 15 is 0 Å². The Morgan fingerprint density at radius 1 is 1.32 bits per heavy atom. The van der Waals surface area contributed by atoms with Crippen LogP contribution in [-0.2, 0) is 11.3 Å². The highest BCUT2D eigenvalue weighted by atomic mass is 19.3. The molecule has 5 nitrogen and oxygen atoms in total. The van der Waals surface area contributed by atoms with E-state index in [0.717, 1.165) is 25.9 Å². The molecule has 2 fully saturated rings. The molecule has 1 aromatic rings. The number of carbonyl (C=O) groups excluding carboxylic acids is 1. The smallest absolute Gasteiger partial charge is 0.410 e. The molecule has 3 rings (SSSR count). The van der Waals surface area contributed by atoms with Crippen molar-refractivity contribution in [3.8, 4) is 5.75 Å². The van der Waals surface area contributed by atoms with Crippen molar-refractivity contribution in [2.24, 2.45) is 0 Å². The van der Waals surface area contributed by atoms with Gasteiger partial charge < -0.3 is 14.8 Å². The molecule has 0 bridgehead atoms. The number of benzene rings is 1. The molecule has 1 amide bonds. The zero-order chi connectivity index (χ0) is 15.6. The summed E-state index contributed by atoms with van der Waals surface area (Å²) in [6.07, 6.45) is 1.14. The fourth-order valence-corrected chi connectivity index (χ4v) is 3.01. The molecular weight excluding hydrogens is 294 g/mol. The zero-order valence-electron chi connectivity index (χ0n) is 12.1. The number of nitrogens with one attached hydrogen (secondary N) is 1. The molecule has 2 aliphatic heterocycles. The second-order valence-corrected chi connectivity index (χ2v) is 5.64. The molecule has 0 saturated carbocycles. The lowest BCUT2D eigenvalue weighted by atomic mass is 9.92. The van der Waals surface area contributed by atoms with E-state index in [2.05, 4.69) is 10.1 Å². The first-order valence-electron chi connectivity index (χ1n) is 7.29. The number of alkyl halides is 2. The molecule has 2 heterocycles. The van der Waals surface area contributed by atoms with Crippen molar-refractivity contribution >= 4 is 6.09 Å². The molecule has 0 atom stereocenters. The van der Waals surface area contributed by atoms with E-state index in [9.17, 15) is 13.6 Å². The van der Waals surface area contributed by atoms with Crippen LogP contribution < -0.4 is 10.1 Å². The lowest BCUT2D eigenvalue weighted by Gasteiger charge is -2.31. The summed E-state index contributed by atoms with van der Waals surface area (Å²) >= 11 is 0. The minimum absolute atomic E-state index is 0.0940. The van der Waals surface area contributed by atoms with Gasteiger partial charge in [0.25, 0.3) is 0 Å². The predicted molar refractivity (Wildman–Crippen MR) is 74.8 cm³/mol. The van der Waals surface area contributed by atoms with Crippen molar-refractivity contribution < 1.29 is 23.0 Å². The molecule has 0 aromatic heterocycles. The molecule has 1 spiro atoms. The summed E-state index contributed by atoms with van der Waals surface area (Å²) in [5, 5.41) is 3.23. The van der Waals surface area contributed by atoms with Crippen LogP contribution in [0, 0.1) is 0 Å². The van der Waals surface area contributed by atoms with Gasteiger partial charge in [-0.25, -0.2) is 4.79 Å². The Morgan fingerprint density at radius 2 is 2.05 bits per heavy atom. The van der Waals surface area contributed by atoms with E-state index in [-0.39, 0.29) is 12.3 Å². The number of hydrogen-bond donors (Lipinski definition) is 1. The quantitative estimate of drug-likeness (QED) is 0.927. The minimum atomic E-state index is -2.89. The van der Waals surface area contributed by atoms with Crippen LogP contribution in [0.15, 0.2) is 24.3 Å². The van der Waals surface area contributed by atoms with Crippen LogP contribution >= 0.6 is 0 Å². The summed E-state index contributed by atoms with van der Waals surface area (Å²) in [5.74, 6) is 0.0940. The van der Waals surface area contributed by atoms with Crippen molar-refractivity contribution in [3.05, 3.63) is 29.8 Å². The third kappa shape index (κ3) is 3.14. The summed E-state index contributed by atoms with van der Waals surface area (Å²) in [7, 11) is 0. The molecule has 0 unspecified atom stereocenters. The average molecular weight is 312 g/mol. The van der Waals surface area contributed by atoms with E-state index in [1.165, 1.54) is 6.07 Å². The Bertz CT molecular complexity index is 547. The molecule has 120 valence electrons. The summed E-state index contributed by atoms with van der Waals surface area (Å²) in [5.41, 5.74) is 0.103. The van der Waals surface area contributed by atoms with Crippen molar-refractivity contribution in [1.29, 1.82) is 0 Å². The summed E-state index contributed by atoms with van der Waals surface area (Å²) in [6, 6.07) is 6.51. The van der Waals surface area contributed by atoms with Crippen LogP contribution in [0.5, 0.6) is 5.75 Å². The maximum absolute atomic E-state index is 12.4. The van der Waals surface area contributed by atoms with Crippen molar-refractivity contribution in [2.45, 2.75) is 31.6 Å². The van der Waals surface area contributed by atoms with E-state index in [1.54, 1.807) is 23.1 Å². The number of piperidine rings is 1. The average Bonchev–Trinajstić information content (AvgIpc) is 2.77. The third-order valence-corrected chi connectivity index (χ3v) is 4.11. The van der Waals surface area contributed by atoms with Crippen LogP contribution in [0.2, 0.25) is 0 Å². The van der Waals surface area contributed by atoms with Crippen LogP contribution in [0.3, 0.4) is 0 Å². The maximum Gasteiger partial charge on any atom is 0.410 e. The van der Waals surface area contributed by atoms with Gasteiger partial charge in [-0.15, -0.1) is 0 Å². The topological polar surface area (TPSA) is 50.8 Å². The van der Waals surface area contributed by atoms with Gasteiger partial charge in [-0.05, 0) is 19.2 Å². The fraction of sp³-hybridized carbons (Fsp3) is 0.533. The van der Waals surface area contributed by atoms with Gasteiger partial charge in [0.05, 0.1) is 13.1 Å². The molecule has 0 aliphatic carbocycles. The SMILES string of the molecule is O=C1OC2(CCNCC2)CN1Cc1ccccc1OC(F)F. The molecule has 2 aliphatic rings. The van der Waals surface area contributed by atoms with Crippen LogP contribution in [0.25, 0.3) is 0 Å². The Kier molecular flexibility index (Phi) is 4.15. The first kappa shape index (κ1) is 15.0. The number of amides is 1. The molecule has 2 saturated heterocycles. The van der Waals surface area contributed by atoms with Crippen molar-refractivity contribution in [2.75, 3.05) is 19.6 Å². The fourth-order valence-electron chi connectivity index (χ4n) is 3.01. The Hall–Kier alpha value is -1.89. The van der Waals surface area contributed by atoms with Gasteiger partial charge in [-0.3, -0.25) is 4.90 Å². The Morgan fingerprint density at radius 3 is 2.77 bits per heavy atom. The summed E-state index contributed by atoms with van der Waals surface area (Å²) in [4.78, 5) is 13.6. The van der Waals surface area contributed by atoms with Gasteiger partial charge >= 0.3 is 12.7 Å². The standard InChI is InChI=1S/C15H18F2N2O3/c16-13(17)21-12-4-2-1-3-11(12)9-19-10-15(22-14(19)20)5-7-18-8-6-15/h1-4,13,18H,5-10H2. The number of hydrogen-bond acceptors (Lipinski definition) is 4. The highest BCUT2D eigenvalue weighted by Gasteiger charge is 2.45. The van der Waals surface area contributed by atoms with E-state index in [4.69, 9.17) is 4.74 Å². The van der Waals surface area contributed by atoms with Gasteiger partial charge in [0.1, 0.15) is 11.4 Å². The van der Waals surface area contributed by atoms with Crippen molar-refractivity contribution in [1.82, 2.24) is 10.2 Å². The lowest BCUT2D eigenvalue weighted by Crippen LogP contribution is -2.44. The first-order valence-corrected chi connectivity index (χ1v) is 7.29. The zero-order valence-corrected chi connectivity index (χ0v) is 12.1. The number of rotatable bonds is 4. The maximum atomic E-state index is 12.4. The van der Waals surface area contributed by atoms with Crippen molar-refractivity contribution in [3.63, 3.8) is 0 Å².